The number of aliphatic hydroxyl groups excluding tert-OH is 1. The number of carbonyl (C=O) groups is 1. The highest BCUT2D eigenvalue weighted by Crippen LogP contribution is 2.32. The molecule has 2 N–H and O–H groups in total. The second kappa shape index (κ2) is 12.7. The number of rotatable bonds is 7. The minimum absolute atomic E-state index is 0. The van der Waals surface area contributed by atoms with Gasteiger partial charge >= 0.3 is 0 Å². The van der Waals surface area contributed by atoms with Crippen molar-refractivity contribution in [2.24, 2.45) is 0 Å². The van der Waals surface area contributed by atoms with Gasteiger partial charge in [0.25, 0.3) is 5.56 Å². The smallest absolute Gasteiger partial charge is 0.261 e. The minimum atomic E-state index is -0.536. The number of fused-ring (bicyclic) bond motifs is 1. The molecule has 2 aromatic heterocycles. The average Bonchev–Trinajstić information content (AvgIpc) is 2.77. The van der Waals surface area contributed by atoms with E-state index >= 15 is 0 Å². The van der Waals surface area contributed by atoms with Gasteiger partial charge in [0.05, 0.1) is 34.9 Å². The molecule has 178 valence electrons. The Morgan fingerprint density at radius 3 is 2.76 bits per heavy atom. The maximum atomic E-state index is 13.0. The summed E-state index contributed by atoms with van der Waals surface area (Å²) in [6.45, 7) is 0.710. The number of benzene rings is 1. The number of Topliss-reactive ketones (excluding diaryl/α,β-unsaturated/α-hetero) is 1. The molecule has 11 heteroatoms. The van der Waals surface area contributed by atoms with E-state index in [4.69, 9.17) is 11.6 Å². The Labute approximate surface area is 213 Å². The van der Waals surface area contributed by atoms with Gasteiger partial charge in [0.15, 0.2) is 5.78 Å². The molecule has 0 amide bonds. The summed E-state index contributed by atoms with van der Waals surface area (Å²) in [5, 5.41) is 14.2. The van der Waals surface area contributed by atoms with Crippen molar-refractivity contribution < 1.29 is 9.90 Å². The van der Waals surface area contributed by atoms with Gasteiger partial charge in [-0.25, -0.2) is 4.98 Å². The quantitative estimate of drug-likeness (QED) is 0.449. The predicted octanol–water partition coefficient (Wildman–Crippen LogP) is 3.65. The van der Waals surface area contributed by atoms with Gasteiger partial charge in [0.2, 0.25) is 0 Å². The van der Waals surface area contributed by atoms with Gasteiger partial charge in [-0.3, -0.25) is 19.1 Å². The summed E-state index contributed by atoms with van der Waals surface area (Å²) in [6, 6.07) is 7.02. The molecule has 3 aromatic rings. The minimum Gasteiger partial charge on any atom is -0.391 e. The van der Waals surface area contributed by atoms with E-state index in [1.54, 1.807) is 24.5 Å². The first kappa shape index (κ1) is 27.6. The topological polar surface area (TPSA) is 97.1 Å². The lowest BCUT2D eigenvalue weighted by atomic mass is 9.97. The van der Waals surface area contributed by atoms with Crippen molar-refractivity contribution in [3.63, 3.8) is 0 Å². The van der Waals surface area contributed by atoms with Crippen molar-refractivity contribution in [2.45, 2.75) is 48.6 Å². The third-order valence-corrected chi connectivity index (χ3v) is 6.91. The number of pyridine rings is 1. The molecule has 3 heterocycles. The van der Waals surface area contributed by atoms with Crippen molar-refractivity contribution in [3.8, 4) is 0 Å². The molecule has 1 aliphatic rings. The molecule has 4 rings (SSSR count). The van der Waals surface area contributed by atoms with Crippen LogP contribution < -0.4 is 10.9 Å². The average molecular weight is 532 g/mol. The van der Waals surface area contributed by atoms with E-state index in [1.165, 1.54) is 22.7 Å². The van der Waals surface area contributed by atoms with Crippen LogP contribution in [0.25, 0.3) is 10.9 Å². The van der Waals surface area contributed by atoms with Gasteiger partial charge in [-0.15, -0.1) is 36.6 Å². The predicted molar refractivity (Wildman–Crippen MR) is 136 cm³/mol. The lowest BCUT2D eigenvalue weighted by Gasteiger charge is -2.28. The Morgan fingerprint density at radius 1 is 1.27 bits per heavy atom. The molecule has 1 saturated heterocycles. The highest BCUT2D eigenvalue weighted by atomic mass is 35.5. The number of nitrogens with zero attached hydrogens (tertiary/aromatic N) is 3. The molecule has 0 saturated carbocycles. The molecule has 0 spiro atoms. The van der Waals surface area contributed by atoms with Crippen LogP contribution in [0.4, 0.5) is 0 Å². The molecule has 0 radical (unpaired) electrons. The first-order valence-electron chi connectivity index (χ1n) is 10.1. The summed E-state index contributed by atoms with van der Waals surface area (Å²) < 4.78 is 1.32. The van der Waals surface area contributed by atoms with Crippen molar-refractivity contribution in [1.82, 2.24) is 19.9 Å². The Balaban J connectivity index is 0.00000193. The monoisotopic (exact) mass is 530 g/mol. The zero-order valence-corrected chi connectivity index (χ0v) is 20.9. The molecule has 7 nitrogen and oxygen atoms in total. The van der Waals surface area contributed by atoms with Crippen molar-refractivity contribution in [2.75, 3.05) is 6.54 Å². The third kappa shape index (κ3) is 6.91. The van der Waals surface area contributed by atoms with Gasteiger partial charge in [0, 0.05) is 35.5 Å². The molecule has 33 heavy (non-hydrogen) atoms. The number of aromatic nitrogens is 3. The molecule has 1 fully saturated rings. The van der Waals surface area contributed by atoms with Crippen LogP contribution in [0.1, 0.15) is 24.8 Å². The number of hydrogen-bond acceptors (Lipinski definition) is 7. The van der Waals surface area contributed by atoms with Crippen LogP contribution in [-0.2, 0) is 17.1 Å². The van der Waals surface area contributed by atoms with Gasteiger partial charge < -0.3 is 10.4 Å². The summed E-state index contributed by atoms with van der Waals surface area (Å²) in [5.41, 5.74) is 1.32. The molecule has 0 unspecified atom stereocenters. The van der Waals surface area contributed by atoms with Gasteiger partial charge in [-0.1, -0.05) is 11.6 Å². The van der Waals surface area contributed by atoms with Crippen LogP contribution in [0.3, 0.4) is 0 Å². The second-order valence-corrected chi connectivity index (χ2v) is 9.06. The van der Waals surface area contributed by atoms with E-state index in [1.807, 2.05) is 12.1 Å². The molecule has 0 aliphatic carbocycles. The van der Waals surface area contributed by atoms with E-state index in [-0.39, 0.29) is 55.2 Å². The Hall–Kier alpha value is -1.68. The highest BCUT2D eigenvalue weighted by molar-refractivity contribution is 7.98. The fourth-order valence-electron chi connectivity index (χ4n) is 3.67. The third-order valence-electron chi connectivity index (χ3n) is 5.36. The number of carbonyl (C=O) groups excluding carboxylic acids is 1. The normalized spacial score (nSPS) is 17.8. The van der Waals surface area contributed by atoms with Crippen LogP contribution in [0.5, 0.6) is 0 Å². The number of thioether (sulfide) groups is 1. The molecule has 1 aliphatic heterocycles. The first-order valence-corrected chi connectivity index (χ1v) is 11.5. The standard InChI is InChI=1S/C22H23ClN4O3S.2ClH/c23-17-10-18-16(9-21(17)31-12-14-3-6-24-7-4-14)22(30)27(13-26-18)11-15(28)8-19-20(29)2-1-5-25-19;;/h3-4,6-7,9-10,13,19-20,25,29H,1-2,5,8,11-12H2;2*1H/t19-,20+;;/m1../s1. The molecule has 1 aromatic carbocycles. The van der Waals surface area contributed by atoms with Gasteiger partial charge in [-0.2, -0.15) is 0 Å². The number of halogens is 3. The Bertz CT molecular complexity index is 1150. The fraction of sp³-hybridized carbons (Fsp3) is 0.364. The molecule has 2 atom stereocenters. The number of hydrogen-bond donors (Lipinski definition) is 2. The summed E-state index contributed by atoms with van der Waals surface area (Å²) in [7, 11) is 0. The van der Waals surface area contributed by atoms with Crippen LogP contribution in [0.2, 0.25) is 5.02 Å². The summed E-state index contributed by atoms with van der Waals surface area (Å²) in [4.78, 5) is 34.6. The van der Waals surface area contributed by atoms with Gasteiger partial charge in [0.1, 0.15) is 0 Å². The fourth-order valence-corrected chi connectivity index (χ4v) is 4.90. The summed E-state index contributed by atoms with van der Waals surface area (Å²) >= 11 is 7.93. The van der Waals surface area contributed by atoms with Crippen molar-refractivity contribution in [1.29, 1.82) is 0 Å². The lowest BCUT2D eigenvalue weighted by Crippen LogP contribution is -2.46. The summed E-state index contributed by atoms with van der Waals surface area (Å²) in [6.07, 6.45) is 6.07. The number of nitrogens with one attached hydrogen (secondary N) is 1. The number of aliphatic hydroxyl groups is 1. The Morgan fingerprint density at radius 2 is 2.03 bits per heavy atom. The zero-order valence-electron chi connectivity index (χ0n) is 17.6. The SMILES string of the molecule is Cl.Cl.O=C(C[C@H]1NCCC[C@@H]1O)Cn1cnc2cc(Cl)c(SCc3ccncc3)cc2c1=O. The van der Waals surface area contributed by atoms with Gasteiger partial charge in [-0.05, 0) is 49.2 Å². The number of ketones is 1. The van der Waals surface area contributed by atoms with E-state index in [9.17, 15) is 14.7 Å². The maximum absolute atomic E-state index is 13.0. The molecular formula is C22H25Cl3N4O3S. The van der Waals surface area contributed by atoms with Crippen LogP contribution in [-0.4, -0.2) is 44.1 Å². The van der Waals surface area contributed by atoms with E-state index in [0.29, 0.717) is 28.1 Å². The zero-order chi connectivity index (χ0) is 21.8. The largest absolute Gasteiger partial charge is 0.391 e. The second-order valence-electron chi connectivity index (χ2n) is 7.63. The first-order chi connectivity index (χ1) is 15.0. The summed E-state index contributed by atoms with van der Waals surface area (Å²) in [5.74, 6) is 0.570. The van der Waals surface area contributed by atoms with Crippen LogP contribution in [0, 0.1) is 0 Å². The maximum Gasteiger partial charge on any atom is 0.261 e. The Kier molecular flexibility index (Phi) is 10.6. The van der Waals surface area contributed by atoms with E-state index in [0.717, 1.165) is 23.4 Å². The van der Waals surface area contributed by atoms with Crippen molar-refractivity contribution >= 4 is 64.9 Å². The van der Waals surface area contributed by atoms with Crippen molar-refractivity contribution in [3.05, 3.63) is 63.9 Å². The molecule has 0 bridgehead atoms. The van der Waals surface area contributed by atoms with Crippen LogP contribution >= 0.6 is 48.2 Å². The van der Waals surface area contributed by atoms with E-state index < -0.39 is 6.10 Å². The van der Waals surface area contributed by atoms with E-state index in [2.05, 4.69) is 15.3 Å². The highest BCUT2D eigenvalue weighted by Gasteiger charge is 2.25. The lowest BCUT2D eigenvalue weighted by molar-refractivity contribution is -0.121. The number of piperidine rings is 1. The van der Waals surface area contributed by atoms with Crippen LogP contribution in [0.15, 0.2) is 52.7 Å². The molecular weight excluding hydrogens is 507 g/mol.